The molecule has 19 heavy (non-hydrogen) atoms. The zero-order valence-electron chi connectivity index (χ0n) is 11.4. The number of hydrogen-bond acceptors (Lipinski definition) is 3. The number of nitrogens with one attached hydrogen (secondary N) is 1. The first-order chi connectivity index (χ1) is 9.16. The lowest BCUT2D eigenvalue weighted by molar-refractivity contribution is 0.475. The highest BCUT2D eigenvalue weighted by Crippen LogP contribution is 2.13. The molecule has 4 nitrogen and oxygen atoms in total. The monoisotopic (exact) mass is 281 g/mol. The molecule has 0 saturated carbocycles. The van der Waals surface area contributed by atoms with E-state index in [-0.39, 0.29) is 0 Å². The molecule has 0 bridgehead atoms. The van der Waals surface area contributed by atoms with Crippen LogP contribution in [0.15, 0.2) is 28.9 Å². The maximum absolute atomic E-state index is 5.71. The maximum atomic E-state index is 5.71. The van der Waals surface area contributed by atoms with Crippen molar-refractivity contribution in [3.8, 4) is 0 Å². The van der Waals surface area contributed by atoms with Crippen molar-refractivity contribution in [2.45, 2.75) is 39.3 Å². The van der Waals surface area contributed by atoms with Gasteiger partial charge in [0.25, 0.3) is 0 Å². The molecule has 0 aliphatic rings. The molecular weight excluding hydrogens is 262 g/mol. The molecule has 0 unspecified atom stereocenters. The van der Waals surface area contributed by atoms with Gasteiger partial charge in [-0.05, 0) is 36.7 Å². The molecule has 0 aliphatic heterocycles. The average molecular weight is 282 g/mol. The van der Waals surface area contributed by atoms with E-state index >= 15 is 0 Å². The highest BCUT2D eigenvalue weighted by molar-refractivity contribution is 6.28. The van der Waals surface area contributed by atoms with Crippen molar-refractivity contribution in [1.82, 2.24) is 14.9 Å². The molecule has 2 aromatic rings. The van der Waals surface area contributed by atoms with E-state index in [0.717, 1.165) is 31.1 Å². The van der Waals surface area contributed by atoms with Crippen LogP contribution in [0.2, 0.25) is 5.22 Å². The molecule has 104 valence electrons. The van der Waals surface area contributed by atoms with Crippen molar-refractivity contribution in [2.24, 2.45) is 0 Å². The summed E-state index contributed by atoms with van der Waals surface area (Å²) in [6.07, 6.45) is 4.97. The van der Waals surface area contributed by atoms with Gasteiger partial charge in [0.15, 0.2) is 5.22 Å². The van der Waals surface area contributed by atoms with Gasteiger partial charge in [0.05, 0.1) is 6.54 Å². The van der Waals surface area contributed by atoms with E-state index in [1.54, 1.807) is 6.07 Å². The van der Waals surface area contributed by atoms with E-state index in [4.69, 9.17) is 16.0 Å². The number of furan rings is 1. The third-order valence-electron chi connectivity index (χ3n) is 2.94. The normalized spacial score (nSPS) is 11.4. The lowest BCUT2D eigenvalue weighted by Gasteiger charge is -2.10. The zero-order chi connectivity index (χ0) is 13.7. The zero-order valence-corrected chi connectivity index (χ0v) is 12.2. The first kappa shape index (κ1) is 14.2. The Morgan fingerprint density at radius 2 is 2.26 bits per heavy atom. The van der Waals surface area contributed by atoms with Crippen molar-refractivity contribution < 1.29 is 4.42 Å². The summed E-state index contributed by atoms with van der Waals surface area (Å²) in [7, 11) is 0. The second-order valence-electron chi connectivity index (χ2n) is 4.87. The van der Waals surface area contributed by atoms with Gasteiger partial charge in [-0.15, -0.1) is 0 Å². The fourth-order valence-electron chi connectivity index (χ4n) is 2.04. The average Bonchev–Trinajstić information content (AvgIpc) is 2.98. The molecule has 0 atom stereocenters. The van der Waals surface area contributed by atoms with Gasteiger partial charge in [0, 0.05) is 24.9 Å². The van der Waals surface area contributed by atoms with Crippen molar-refractivity contribution in [2.75, 3.05) is 6.54 Å². The molecular formula is C14H20ClN3O. The van der Waals surface area contributed by atoms with E-state index in [0.29, 0.717) is 17.7 Å². The van der Waals surface area contributed by atoms with Crippen LogP contribution in [-0.4, -0.2) is 16.1 Å². The topological polar surface area (TPSA) is 43.0 Å². The maximum Gasteiger partial charge on any atom is 0.193 e. The van der Waals surface area contributed by atoms with Crippen molar-refractivity contribution in [3.05, 3.63) is 41.3 Å². The molecule has 0 fully saturated rings. The second-order valence-corrected chi connectivity index (χ2v) is 5.24. The summed E-state index contributed by atoms with van der Waals surface area (Å²) in [6.45, 7) is 6.97. The Morgan fingerprint density at radius 3 is 2.95 bits per heavy atom. The van der Waals surface area contributed by atoms with Crippen LogP contribution >= 0.6 is 11.6 Å². The summed E-state index contributed by atoms with van der Waals surface area (Å²) in [5.74, 6) is 2.49. The van der Waals surface area contributed by atoms with E-state index in [1.165, 1.54) is 0 Å². The molecule has 5 heteroatoms. The number of aryl methyl sites for hydroxylation is 1. The predicted octanol–water partition coefficient (Wildman–Crippen LogP) is 3.43. The molecule has 0 spiro atoms. The van der Waals surface area contributed by atoms with Gasteiger partial charge >= 0.3 is 0 Å². The first-order valence-corrected chi connectivity index (χ1v) is 7.00. The number of hydrogen-bond donors (Lipinski definition) is 1. The van der Waals surface area contributed by atoms with Crippen molar-refractivity contribution in [3.63, 3.8) is 0 Å². The van der Waals surface area contributed by atoms with Crippen LogP contribution in [0.3, 0.4) is 0 Å². The van der Waals surface area contributed by atoms with Gasteiger partial charge in [-0.3, -0.25) is 0 Å². The summed E-state index contributed by atoms with van der Waals surface area (Å²) in [5.41, 5.74) is 0. The molecule has 1 N–H and O–H groups in total. The Hall–Kier alpha value is -1.26. The first-order valence-electron chi connectivity index (χ1n) is 6.63. The Bertz CT molecular complexity index is 504. The van der Waals surface area contributed by atoms with Crippen molar-refractivity contribution in [1.29, 1.82) is 0 Å². The number of nitrogens with zero attached hydrogens (tertiary/aromatic N) is 2. The van der Waals surface area contributed by atoms with Crippen LogP contribution in [0, 0.1) is 0 Å². The lowest BCUT2D eigenvalue weighted by Crippen LogP contribution is -2.16. The van der Waals surface area contributed by atoms with Crippen molar-refractivity contribution >= 4 is 11.6 Å². The summed E-state index contributed by atoms with van der Waals surface area (Å²) in [4.78, 5) is 4.38. The highest BCUT2D eigenvalue weighted by atomic mass is 35.5. The van der Waals surface area contributed by atoms with Crippen LogP contribution in [0.1, 0.15) is 37.8 Å². The summed E-state index contributed by atoms with van der Waals surface area (Å²) in [6, 6.07) is 3.65. The van der Waals surface area contributed by atoms with Gasteiger partial charge in [-0.1, -0.05) is 13.8 Å². The number of aromatic nitrogens is 2. The highest BCUT2D eigenvalue weighted by Gasteiger charge is 2.06. The standard InChI is InChI=1S/C14H20ClN3O/c1-11(2)14-17-7-9-18(14)8-3-6-16-10-12-4-5-13(15)19-12/h4-5,7,9,11,16H,3,6,8,10H2,1-2H3. The predicted molar refractivity (Wildman–Crippen MR) is 76.4 cm³/mol. The largest absolute Gasteiger partial charge is 0.448 e. The van der Waals surface area contributed by atoms with Crippen LogP contribution in [0.25, 0.3) is 0 Å². The minimum atomic E-state index is 0.441. The molecule has 0 aromatic carbocycles. The molecule has 0 saturated heterocycles. The van der Waals surface area contributed by atoms with Crippen LogP contribution < -0.4 is 5.32 Å². The molecule has 0 radical (unpaired) electrons. The van der Waals surface area contributed by atoms with Gasteiger partial charge in [-0.25, -0.2) is 4.98 Å². The Kier molecular flexibility index (Phi) is 5.05. The van der Waals surface area contributed by atoms with Crippen LogP contribution in [0.5, 0.6) is 0 Å². The van der Waals surface area contributed by atoms with E-state index in [9.17, 15) is 0 Å². The van der Waals surface area contributed by atoms with Gasteiger partial charge in [0.1, 0.15) is 11.6 Å². The SMILES string of the molecule is CC(C)c1nccn1CCCNCc1ccc(Cl)o1. The van der Waals surface area contributed by atoms with E-state index < -0.39 is 0 Å². The lowest BCUT2D eigenvalue weighted by atomic mass is 10.2. The Balaban J connectivity index is 1.68. The van der Waals surface area contributed by atoms with Gasteiger partial charge in [0.2, 0.25) is 0 Å². The van der Waals surface area contributed by atoms with Gasteiger partial charge < -0.3 is 14.3 Å². The number of imidazole rings is 1. The number of halogens is 1. The number of rotatable bonds is 7. The third kappa shape index (κ3) is 4.11. The van der Waals surface area contributed by atoms with Crippen LogP contribution in [0.4, 0.5) is 0 Å². The summed E-state index contributed by atoms with van der Waals surface area (Å²) in [5, 5.41) is 3.78. The Labute approximate surface area is 118 Å². The van der Waals surface area contributed by atoms with Gasteiger partial charge in [-0.2, -0.15) is 0 Å². The molecule has 2 aromatic heterocycles. The second kappa shape index (κ2) is 6.78. The third-order valence-corrected chi connectivity index (χ3v) is 3.15. The molecule has 0 amide bonds. The van der Waals surface area contributed by atoms with Crippen LogP contribution in [-0.2, 0) is 13.1 Å². The van der Waals surface area contributed by atoms with E-state index in [1.807, 2.05) is 18.5 Å². The Morgan fingerprint density at radius 1 is 1.42 bits per heavy atom. The minimum absolute atomic E-state index is 0.441. The van der Waals surface area contributed by atoms with E-state index in [2.05, 4.69) is 28.7 Å². The molecule has 2 heterocycles. The smallest absolute Gasteiger partial charge is 0.193 e. The fourth-order valence-corrected chi connectivity index (χ4v) is 2.21. The summed E-state index contributed by atoms with van der Waals surface area (Å²) < 4.78 is 7.49. The minimum Gasteiger partial charge on any atom is -0.448 e. The summed E-state index contributed by atoms with van der Waals surface area (Å²) >= 11 is 5.71. The quantitative estimate of drug-likeness (QED) is 0.791. The molecule has 0 aliphatic carbocycles. The fraction of sp³-hybridized carbons (Fsp3) is 0.500. The molecule has 2 rings (SSSR count).